The van der Waals surface area contributed by atoms with Gasteiger partial charge in [-0.15, -0.1) is 0 Å². The van der Waals surface area contributed by atoms with Crippen LogP contribution in [-0.2, 0) is 9.53 Å². The van der Waals surface area contributed by atoms with E-state index in [4.69, 9.17) is 9.47 Å². The van der Waals surface area contributed by atoms with Crippen LogP contribution in [0.5, 0.6) is 5.75 Å². The lowest BCUT2D eigenvalue weighted by molar-refractivity contribution is -0.156. The van der Waals surface area contributed by atoms with Crippen LogP contribution in [0.2, 0.25) is 0 Å². The highest BCUT2D eigenvalue weighted by Crippen LogP contribution is 2.36. The Kier molecular flexibility index (Phi) is 5.59. The zero-order chi connectivity index (χ0) is 19.6. The predicted octanol–water partition coefficient (Wildman–Crippen LogP) is 4.44. The molecule has 1 aliphatic heterocycles. The van der Waals surface area contributed by atoms with Gasteiger partial charge in [-0.3, -0.25) is 9.78 Å². The summed E-state index contributed by atoms with van der Waals surface area (Å²) in [5.41, 5.74) is 1.59. The van der Waals surface area contributed by atoms with Gasteiger partial charge in [-0.25, -0.2) is 0 Å². The van der Waals surface area contributed by atoms with Crippen molar-refractivity contribution in [1.82, 2.24) is 4.98 Å². The normalized spacial score (nSPS) is 20.6. The Bertz CT molecular complexity index is 813. The summed E-state index contributed by atoms with van der Waals surface area (Å²) in [6.07, 6.45) is 3.30. The van der Waals surface area contributed by atoms with Crippen molar-refractivity contribution in [3.05, 3.63) is 30.5 Å². The fourth-order valence-corrected chi connectivity index (χ4v) is 4.02. The molecular formula is C22H30N2O3. The molecule has 1 aliphatic rings. The third-order valence-electron chi connectivity index (χ3n) is 4.89. The Morgan fingerprint density at radius 1 is 1.26 bits per heavy atom. The minimum atomic E-state index is -0.436. The number of carbonyl (C=O) groups excluding carboxylic acids is 1. The summed E-state index contributed by atoms with van der Waals surface area (Å²) >= 11 is 0. The monoisotopic (exact) mass is 370 g/mol. The summed E-state index contributed by atoms with van der Waals surface area (Å²) in [7, 11) is 1.67. The molecule has 1 aromatic carbocycles. The topological polar surface area (TPSA) is 51.7 Å². The van der Waals surface area contributed by atoms with Gasteiger partial charge < -0.3 is 14.4 Å². The van der Waals surface area contributed by atoms with E-state index in [1.54, 1.807) is 13.3 Å². The molecule has 27 heavy (non-hydrogen) atoms. The number of hydrogen-bond acceptors (Lipinski definition) is 5. The van der Waals surface area contributed by atoms with E-state index in [9.17, 15) is 4.79 Å². The van der Waals surface area contributed by atoms with Gasteiger partial charge >= 0.3 is 5.97 Å². The van der Waals surface area contributed by atoms with Crippen LogP contribution in [-0.4, -0.2) is 36.8 Å². The molecule has 0 amide bonds. The van der Waals surface area contributed by atoms with Crippen molar-refractivity contribution in [2.24, 2.45) is 11.8 Å². The van der Waals surface area contributed by atoms with E-state index in [0.29, 0.717) is 12.3 Å². The second-order valence-electron chi connectivity index (χ2n) is 8.59. The number of hydrogen-bond donors (Lipinski definition) is 0. The highest BCUT2D eigenvalue weighted by molar-refractivity contribution is 5.95. The quantitative estimate of drug-likeness (QED) is 0.745. The first-order valence-electron chi connectivity index (χ1n) is 9.65. The number of aromatic nitrogens is 1. The minimum Gasteiger partial charge on any atom is -0.494 e. The number of rotatable bonds is 4. The predicted molar refractivity (Wildman–Crippen MR) is 108 cm³/mol. The van der Waals surface area contributed by atoms with Crippen LogP contribution in [0.15, 0.2) is 30.5 Å². The number of carbonyl (C=O) groups is 1. The number of pyridine rings is 1. The summed E-state index contributed by atoms with van der Waals surface area (Å²) < 4.78 is 11.0. The van der Waals surface area contributed by atoms with Crippen LogP contribution >= 0.6 is 0 Å². The second kappa shape index (κ2) is 7.75. The Morgan fingerprint density at radius 3 is 2.74 bits per heavy atom. The molecule has 5 heteroatoms. The van der Waals surface area contributed by atoms with E-state index in [2.05, 4.69) is 28.9 Å². The molecule has 2 aromatic rings. The molecule has 0 unspecified atom stereocenters. The molecule has 1 fully saturated rings. The molecule has 0 N–H and O–H groups in total. The Hall–Kier alpha value is -2.30. The van der Waals surface area contributed by atoms with Crippen LogP contribution in [0.1, 0.15) is 40.5 Å². The van der Waals surface area contributed by atoms with Gasteiger partial charge in [0.05, 0.1) is 13.5 Å². The number of benzene rings is 1. The van der Waals surface area contributed by atoms with Gasteiger partial charge in [0.1, 0.15) is 16.9 Å². The van der Waals surface area contributed by atoms with Gasteiger partial charge in [0, 0.05) is 30.4 Å². The molecule has 5 nitrogen and oxygen atoms in total. The van der Waals surface area contributed by atoms with Gasteiger partial charge in [0.2, 0.25) is 0 Å². The highest BCUT2D eigenvalue weighted by atomic mass is 16.6. The smallest absolute Gasteiger partial charge is 0.306 e. The van der Waals surface area contributed by atoms with Crippen molar-refractivity contribution in [2.75, 3.05) is 25.1 Å². The third-order valence-corrected chi connectivity index (χ3v) is 4.89. The Morgan fingerprint density at radius 2 is 2.04 bits per heavy atom. The van der Waals surface area contributed by atoms with Gasteiger partial charge in [-0.05, 0) is 63.3 Å². The second-order valence-corrected chi connectivity index (χ2v) is 8.59. The molecule has 3 rings (SSSR count). The molecular weight excluding hydrogens is 340 g/mol. The van der Waals surface area contributed by atoms with E-state index in [1.165, 1.54) is 0 Å². The summed E-state index contributed by atoms with van der Waals surface area (Å²) in [5.74, 6) is 1.48. The molecule has 0 bridgehead atoms. The van der Waals surface area contributed by atoms with Crippen molar-refractivity contribution in [2.45, 2.75) is 46.1 Å². The standard InChI is InChI=1S/C22H30N2O3/c1-15-11-16(12-20(25)27-22(2,3)4)14-24(13-15)18-8-9-19(26-5)21-17(18)7-6-10-23-21/h6-10,15-16H,11-14H2,1-5H3/t15-,16-/m0/s1. The maximum absolute atomic E-state index is 12.3. The molecule has 0 spiro atoms. The van der Waals surface area contributed by atoms with Crippen LogP contribution < -0.4 is 9.64 Å². The van der Waals surface area contributed by atoms with Gasteiger partial charge in [-0.1, -0.05) is 6.92 Å². The molecule has 0 aliphatic carbocycles. The zero-order valence-electron chi connectivity index (χ0n) is 17.0. The number of anilines is 1. The number of esters is 1. The van der Waals surface area contributed by atoms with E-state index in [0.717, 1.165) is 41.9 Å². The SMILES string of the molecule is COc1ccc(N2C[C@@H](C)C[C@@H](CC(=O)OC(C)(C)C)C2)c2cccnc12. The number of fused-ring (bicyclic) bond motifs is 1. The van der Waals surface area contributed by atoms with Crippen LogP contribution in [0, 0.1) is 11.8 Å². The van der Waals surface area contributed by atoms with Crippen molar-refractivity contribution in [3.8, 4) is 5.75 Å². The largest absolute Gasteiger partial charge is 0.494 e. The average Bonchev–Trinajstić information content (AvgIpc) is 2.58. The molecule has 1 saturated heterocycles. The van der Waals surface area contributed by atoms with Crippen molar-refractivity contribution in [3.63, 3.8) is 0 Å². The number of nitrogens with zero attached hydrogens (tertiary/aromatic N) is 2. The summed E-state index contributed by atoms with van der Waals surface area (Å²) in [6, 6.07) is 8.12. The van der Waals surface area contributed by atoms with E-state index in [-0.39, 0.29) is 11.9 Å². The fraction of sp³-hybridized carbons (Fsp3) is 0.545. The van der Waals surface area contributed by atoms with E-state index >= 15 is 0 Å². The Balaban J connectivity index is 1.83. The van der Waals surface area contributed by atoms with E-state index < -0.39 is 5.60 Å². The first-order chi connectivity index (χ1) is 12.8. The fourth-order valence-electron chi connectivity index (χ4n) is 4.02. The molecule has 0 radical (unpaired) electrons. The van der Waals surface area contributed by atoms with Crippen molar-refractivity contribution in [1.29, 1.82) is 0 Å². The summed E-state index contributed by atoms with van der Waals surface area (Å²) in [4.78, 5) is 19.2. The molecule has 146 valence electrons. The first kappa shape index (κ1) is 19.5. The lowest BCUT2D eigenvalue weighted by Crippen LogP contribution is -2.41. The maximum Gasteiger partial charge on any atom is 0.306 e. The average molecular weight is 370 g/mol. The Labute approximate surface area is 161 Å². The molecule has 1 aromatic heterocycles. The maximum atomic E-state index is 12.3. The highest BCUT2D eigenvalue weighted by Gasteiger charge is 2.29. The number of ether oxygens (including phenoxy) is 2. The molecule has 0 saturated carbocycles. The summed E-state index contributed by atoms with van der Waals surface area (Å²) in [5, 5.41) is 1.09. The van der Waals surface area contributed by atoms with Crippen LogP contribution in [0.25, 0.3) is 10.9 Å². The lowest BCUT2D eigenvalue weighted by atomic mass is 9.87. The molecule has 2 atom stereocenters. The van der Waals surface area contributed by atoms with Crippen LogP contribution in [0.3, 0.4) is 0 Å². The van der Waals surface area contributed by atoms with Crippen molar-refractivity contribution < 1.29 is 14.3 Å². The summed E-state index contributed by atoms with van der Waals surface area (Å²) in [6.45, 7) is 9.81. The zero-order valence-corrected chi connectivity index (χ0v) is 17.0. The van der Waals surface area contributed by atoms with Gasteiger partial charge in [-0.2, -0.15) is 0 Å². The van der Waals surface area contributed by atoms with Gasteiger partial charge in [0.15, 0.2) is 0 Å². The number of piperidine rings is 1. The van der Waals surface area contributed by atoms with Crippen LogP contribution in [0.4, 0.5) is 5.69 Å². The number of methoxy groups -OCH3 is 1. The van der Waals surface area contributed by atoms with Gasteiger partial charge in [0.25, 0.3) is 0 Å². The lowest BCUT2D eigenvalue weighted by Gasteiger charge is -2.38. The first-order valence-corrected chi connectivity index (χ1v) is 9.65. The minimum absolute atomic E-state index is 0.109. The third kappa shape index (κ3) is 4.71. The molecule has 2 heterocycles. The van der Waals surface area contributed by atoms with E-state index in [1.807, 2.05) is 32.9 Å². The van der Waals surface area contributed by atoms with Crippen molar-refractivity contribution >= 4 is 22.6 Å².